The number of aromatic nitrogens is 2. The van der Waals surface area contributed by atoms with Crippen molar-refractivity contribution in [3.8, 4) is 0 Å². The molecule has 144 valence electrons. The maximum Gasteiger partial charge on any atom is 0.328 e. The largest absolute Gasteiger partial charge is 0.467 e. The zero-order valence-electron chi connectivity index (χ0n) is 15.0. The van der Waals surface area contributed by atoms with Crippen molar-refractivity contribution in [3.05, 3.63) is 71.6 Å². The summed E-state index contributed by atoms with van der Waals surface area (Å²) < 4.78 is 31.5. The maximum atomic E-state index is 13.7. The average molecular weight is 385 g/mol. The van der Waals surface area contributed by atoms with Gasteiger partial charge in [-0.3, -0.25) is 9.78 Å². The second-order valence-corrected chi connectivity index (χ2v) is 6.11. The summed E-state index contributed by atoms with van der Waals surface area (Å²) in [5, 5.41) is 2.51. The van der Waals surface area contributed by atoms with Crippen molar-refractivity contribution < 1.29 is 23.1 Å². The number of hydrogen-bond donors (Lipinski definition) is 1. The van der Waals surface area contributed by atoms with Gasteiger partial charge in [-0.15, -0.1) is 0 Å². The van der Waals surface area contributed by atoms with Gasteiger partial charge in [0, 0.05) is 18.7 Å². The van der Waals surface area contributed by atoms with E-state index < -0.39 is 29.6 Å². The monoisotopic (exact) mass is 385 g/mol. The summed E-state index contributed by atoms with van der Waals surface area (Å²) in [6, 6.07) is 9.18. The van der Waals surface area contributed by atoms with Crippen molar-refractivity contribution in [2.75, 3.05) is 7.11 Å². The quantitative estimate of drug-likeness (QED) is 0.659. The van der Waals surface area contributed by atoms with Crippen LogP contribution in [-0.2, 0) is 27.2 Å². The van der Waals surface area contributed by atoms with Gasteiger partial charge in [0.25, 0.3) is 0 Å². The Labute approximate surface area is 159 Å². The fourth-order valence-corrected chi connectivity index (χ4v) is 2.72. The molecule has 0 radical (unpaired) electrons. The minimum Gasteiger partial charge on any atom is -0.467 e. The van der Waals surface area contributed by atoms with E-state index in [2.05, 4.69) is 15.3 Å². The first-order valence-electron chi connectivity index (χ1n) is 8.48. The molecule has 0 aliphatic rings. The number of methoxy groups -OCH3 is 1. The Kier molecular flexibility index (Phi) is 5.88. The van der Waals surface area contributed by atoms with Crippen LogP contribution in [0.4, 0.5) is 8.78 Å². The average Bonchev–Trinajstić information content (AvgIpc) is 2.69. The van der Waals surface area contributed by atoms with Crippen molar-refractivity contribution in [2.45, 2.75) is 18.9 Å². The minimum absolute atomic E-state index is 0.0213. The van der Waals surface area contributed by atoms with Gasteiger partial charge in [0.05, 0.1) is 30.3 Å². The lowest BCUT2D eigenvalue weighted by Gasteiger charge is -2.16. The van der Waals surface area contributed by atoms with Crippen molar-refractivity contribution in [1.82, 2.24) is 15.3 Å². The Hall–Kier alpha value is -3.42. The number of amides is 1. The maximum absolute atomic E-state index is 13.7. The molecule has 0 saturated carbocycles. The number of ether oxygens (including phenoxy) is 1. The van der Waals surface area contributed by atoms with E-state index in [-0.39, 0.29) is 18.4 Å². The van der Waals surface area contributed by atoms with Gasteiger partial charge in [-0.2, -0.15) is 0 Å². The number of carbonyl (C=O) groups is 2. The first-order chi connectivity index (χ1) is 13.5. The number of benzene rings is 2. The third kappa shape index (κ3) is 4.64. The number of halogens is 2. The Bertz CT molecular complexity index is 1030. The number of nitrogens with one attached hydrogen (secondary N) is 1. The number of hydrogen-bond acceptors (Lipinski definition) is 5. The fourth-order valence-electron chi connectivity index (χ4n) is 2.72. The molecule has 0 aliphatic carbocycles. The van der Waals surface area contributed by atoms with Crippen LogP contribution in [0.15, 0.2) is 48.7 Å². The van der Waals surface area contributed by atoms with Gasteiger partial charge in [-0.25, -0.2) is 18.6 Å². The summed E-state index contributed by atoms with van der Waals surface area (Å²) in [6.45, 7) is 0. The van der Waals surface area contributed by atoms with E-state index in [0.717, 1.165) is 6.07 Å². The molecule has 3 aromatic rings. The molecule has 0 aliphatic heterocycles. The Morgan fingerprint density at radius 3 is 2.61 bits per heavy atom. The molecule has 1 heterocycles. The van der Waals surface area contributed by atoms with Crippen molar-refractivity contribution in [2.24, 2.45) is 0 Å². The summed E-state index contributed by atoms with van der Waals surface area (Å²) in [5.41, 5.74) is 1.87. The van der Waals surface area contributed by atoms with Crippen LogP contribution in [0.5, 0.6) is 0 Å². The van der Waals surface area contributed by atoms with Gasteiger partial charge in [-0.1, -0.05) is 18.2 Å². The second kappa shape index (κ2) is 8.51. The number of esters is 1. The third-order valence-electron chi connectivity index (χ3n) is 4.10. The van der Waals surface area contributed by atoms with Crippen LogP contribution in [0.3, 0.4) is 0 Å². The molecule has 6 nitrogen and oxygen atoms in total. The molecule has 1 amide bonds. The van der Waals surface area contributed by atoms with Crippen LogP contribution in [0.2, 0.25) is 0 Å². The van der Waals surface area contributed by atoms with E-state index in [1.165, 1.54) is 19.4 Å². The number of fused-ring (bicyclic) bond motifs is 1. The highest BCUT2D eigenvalue weighted by atomic mass is 19.1. The molecule has 0 spiro atoms. The Morgan fingerprint density at radius 1 is 1.14 bits per heavy atom. The van der Waals surface area contributed by atoms with E-state index in [1.807, 2.05) is 18.2 Å². The van der Waals surface area contributed by atoms with Gasteiger partial charge in [0.1, 0.15) is 17.7 Å². The highest BCUT2D eigenvalue weighted by molar-refractivity contribution is 5.86. The van der Waals surface area contributed by atoms with Crippen LogP contribution in [-0.4, -0.2) is 35.0 Å². The van der Waals surface area contributed by atoms with Crippen LogP contribution in [0, 0.1) is 11.6 Å². The molecule has 1 N–H and O–H groups in total. The van der Waals surface area contributed by atoms with Gasteiger partial charge >= 0.3 is 5.97 Å². The highest BCUT2D eigenvalue weighted by Crippen LogP contribution is 2.12. The van der Waals surface area contributed by atoms with Crippen molar-refractivity contribution in [1.29, 1.82) is 0 Å². The molecule has 1 atom stereocenters. The van der Waals surface area contributed by atoms with E-state index >= 15 is 0 Å². The smallest absolute Gasteiger partial charge is 0.328 e. The molecule has 0 fully saturated rings. The lowest BCUT2D eigenvalue weighted by Crippen LogP contribution is -2.44. The van der Waals surface area contributed by atoms with E-state index in [9.17, 15) is 18.4 Å². The Morgan fingerprint density at radius 2 is 1.89 bits per heavy atom. The molecule has 8 heteroatoms. The zero-order valence-corrected chi connectivity index (χ0v) is 15.0. The molecule has 0 saturated heterocycles. The fraction of sp³-hybridized carbons (Fsp3) is 0.200. The molecule has 1 aromatic heterocycles. The molecule has 28 heavy (non-hydrogen) atoms. The number of para-hydroxylation sites is 2. The van der Waals surface area contributed by atoms with E-state index in [0.29, 0.717) is 22.8 Å². The lowest BCUT2D eigenvalue weighted by atomic mass is 10.1. The third-order valence-corrected chi connectivity index (χ3v) is 4.10. The molecule has 0 bridgehead atoms. The van der Waals surface area contributed by atoms with Crippen molar-refractivity contribution >= 4 is 22.9 Å². The van der Waals surface area contributed by atoms with Gasteiger partial charge in [-0.05, 0) is 23.8 Å². The van der Waals surface area contributed by atoms with E-state index in [4.69, 9.17) is 4.74 Å². The molecule has 3 rings (SSSR count). The van der Waals surface area contributed by atoms with Crippen LogP contribution in [0.25, 0.3) is 11.0 Å². The first kappa shape index (κ1) is 19.3. The van der Waals surface area contributed by atoms with Crippen LogP contribution < -0.4 is 5.32 Å². The lowest BCUT2D eigenvalue weighted by molar-refractivity contribution is -0.145. The van der Waals surface area contributed by atoms with Gasteiger partial charge in [0.2, 0.25) is 5.91 Å². The second-order valence-electron chi connectivity index (χ2n) is 6.11. The number of rotatable bonds is 6. The van der Waals surface area contributed by atoms with Gasteiger partial charge < -0.3 is 10.1 Å². The molecular formula is C20H17F2N3O3. The van der Waals surface area contributed by atoms with E-state index in [1.54, 1.807) is 6.07 Å². The summed E-state index contributed by atoms with van der Waals surface area (Å²) in [6.07, 6.45) is 1.23. The Balaban J connectivity index is 1.73. The minimum atomic E-state index is -1.02. The SMILES string of the molecule is COC(=O)[C@@H](Cc1cnc2ccccc2n1)NC(=O)Cc1ccc(F)cc1F. The topological polar surface area (TPSA) is 81.2 Å². The standard InChI is InChI=1S/C20H17F2N3O3/c1-28-20(27)18(10-14-11-23-16-4-2-3-5-17(16)24-14)25-19(26)8-12-6-7-13(21)9-15(12)22/h2-7,9,11,18H,8,10H2,1H3,(H,25,26)/t18-/m1/s1. The number of nitrogens with zero attached hydrogens (tertiary/aromatic N) is 2. The summed E-state index contributed by atoms with van der Waals surface area (Å²) >= 11 is 0. The van der Waals surface area contributed by atoms with Crippen LogP contribution in [0.1, 0.15) is 11.3 Å². The highest BCUT2D eigenvalue weighted by Gasteiger charge is 2.23. The van der Waals surface area contributed by atoms with Crippen molar-refractivity contribution in [3.63, 3.8) is 0 Å². The summed E-state index contributed by atoms with van der Waals surface area (Å²) in [4.78, 5) is 33.0. The zero-order chi connectivity index (χ0) is 20.1. The summed E-state index contributed by atoms with van der Waals surface area (Å²) in [7, 11) is 1.20. The van der Waals surface area contributed by atoms with Gasteiger partial charge in [0.15, 0.2) is 0 Å². The predicted molar refractivity (Wildman–Crippen MR) is 97.3 cm³/mol. The number of carbonyl (C=O) groups excluding carboxylic acids is 2. The van der Waals surface area contributed by atoms with Crippen LogP contribution >= 0.6 is 0 Å². The summed E-state index contributed by atoms with van der Waals surface area (Å²) in [5.74, 6) is -2.83. The normalized spacial score (nSPS) is 11.8. The molecular weight excluding hydrogens is 368 g/mol. The molecule has 0 unspecified atom stereocenters. The first-order valence-corrected chi connectivity index (χ1v) is 8.48. The predicted octanol–water partition coefficient (Wildman–Crippen LogP) is 2.35. The molecule has 2 aromatic carbocycles.